The third kappa shape index (κ3) is 1.46. The van der Waals surface area contributed by atoms with Crippen LogP contribution in [-0.4, -0.2) is 15.6 Å². The van der Waals surface area contributed by atoms with Gasteiger partial charge in [0.2, 0.25) is 0 Å². The molecule has 3 rings (SSSR count). The highest BCUT2D eigenvalue weighted by Gasteiger charge is 2.54. The Hall–Kier alpha value is -1.89. The molecule has 2 aliphatic carbocycles. The molecule has 104 valence electrons. The molecule has 4 heteroatoms. The summed E-state index contributed by atoms with van der Waals surface area (Å²) in [6.07, 6.45) is 5.83. The summed E-state index contributed by atoms with van der Waals surface area (Å²) in [5.41, 5.74) is 1.72. The van der Waals surface area contributed by atoms with Crippen molar-refractivity contribution in [2.24, 2.45) is 18.4 Å². The maximum atomic E-state index is 12.5. The number of aryl methyl sites for hydroxylation is 2. The van der Waals surface area contributed by atoms with E-state index in [1.54, 1.807) is 0 Å². The lowest BCUT2D eigenvalue weighted by molar-refractivity contribution is -0.128. The highest BCUT2D eigenvalue weighted by Crippen LogP contribution is 2.53. The van der Waals surface area contributed by atoms with Crippen LogP contribution in [0.15, 0.2) is 17.8 Å². The molecule has 2 atom stereocenters. The molecule has 1 aromatic heterocycles. The number of Topliss-reactive ketones (excluding diaryl/α,β-unsaturated/α-hetero) is 1. The minimum Gasteiger partial charge on any atom is -0.293 e. The van der Waals surface area contributed by atoms with Crippen LogP contribution < -0.4 is 0 Å². The SMILES string of the molecule is Cn1cc2c(n1)C1(C)C=C(C#N)C(=O)C(C)(C)C1CC2. The van der Waals surface area contributed by atoms with Gasteiger partial charge in [0.15, 0.2) is 5.78 Å². The first kappa shape index (κ1) is 13.1. The summed E-state index contributed by atoms with van der Waals surface area (Å²) in [7, 11) is 1.92. The van der Waals surface area contributed by atoms with Crippen LogP contribution in [0.5, 0.6) is 0 Å². The van der Waals surface area contributed by atoms with Crippen molar-refractivity contribution in [2.45, 2.75) is 39.0 Å². The topological polar surface area (TPSA) is 58.7 Å². The van der Waals surface area contributed by atoms with Gasteiger partial charge in [-0.05, 0) is 24.3 Å². The molecule has 1 heterocycles. The van der Waals surface area contributed by atoms with Gasteiger partial charge in [-0.1, -0.05) is 26.8 Å². The molecule has 4 nitrogen and oxygen atoms in total. The van der Waals surface area contributed by atoms with Gasteiger partial charge < -0.3 is 0 Å². The standard InChI is InChI=1S/C16H19N3O/c1-15(2)12-6-5-10-9-19(4)18-13(10)16(12,3)7-11(8-17)14(15)20/h7,9,12H,5-6H2,1-4H3. The summed E-state index contributed by atoms with van der Waals surface area (Å²) in [5.74, 6) is 0.170. The van der Waals surface area contributed by atoms with Gasteiger partial charge in [-0.25, -0.2) is 0 Å². The average molecular weight is 269 g/mol. The van der Waals surface area contributed by atoms with Gasteiger partial charge in [-0.3, -0.25) is 9.48 Å². The van der Waals surface area contributed by atoms with Crippen LogP contribution in [0, 0.1) is 22.7 Å². The summed E-state index contributed by atoms with van der Waals surface area (Å²) in [4.78, 5) is 12.5. The normalized spacial score (nSPS) is 31.1. The predicted molar refractivity (Wildman–Crippen MR) is 74.9 cm³/mol. The number of allylic oxidation sites excluding steroid dienone is 2. The zero-order valence-electron chi connectivity index (χ0n) is 12.4. The molecule has 0 fully saturated rings. The highest BCUT2D eigenvalue weighted by atomic mass is 16.1. The second-order valence-corrected chi connectivity index (χ2v) is 6.77. The van der Waals surface area contributed by atoms with E-state index in [2.05, 4.69) is 24.3 Å². The molecule has 0 saturated heterocycles. The fraction of sp³-hybridized carbons (Fsp3) is 0.562. The minimum absolute atomic E-state index is 0.0261. The fourth-order valence-electron chi connectivity index (χ4n) is 4.17. The Kier molecular flexibility index (Phi) is 2.50. The molecule has 1 aromatic rings. The Morgan fingerprint density at radius 3 is 2.80 bits per heavy atom. The third-order valence-corrected chi connectivity index (χ3v) is 5.11. The molecule has 0 aliphatic heterocycles. The number of carbonyl (C=O) groups is 1. The van der Waals surface area contributed by atoms with E-state index < -0.39 is 5.41 Å². The molecule has 0 aromatic carbocycles. The molecule has 0 bridgehead atoms. The lowest BCUT2D eigenvalue weighted by atomic mass is 9.52. The van der Waals surface area contributed by atoms with E-state index in [9.17, 15) is 10.1 Å². The quantitative estimate of drug-likeness (QED) is 0.726. The van der Waals surface area contributed by atoms with Crippen LogP contribution in [0.25, 0.3) is 0 Å². The minimum atomic E-state index is -0.510. The van der Waals surface area contributed by atoms with E-state index in [1.165, 1.54) is 5.56 Å². The van der Waals surface area contributed by atoms with Crippen LogP contribution in [0.4, 0.5) is 0 Å². The largest absolute Gasteiger partial charge is 0.293 e. The van der Waals surface area contributed by atoms with Gasteiger partial charge in [0, 0.05) is 24.1 Å². The van der Waals surface area contributed by atoms with E-state index in [-0.39, 0.29) is 22.7 Å². The lowest BCUT2D eigenvalue weighted by Crippen LogP contribution is -2.51. The predicted octanol–water partition coefficient (Wildman–Crippen LogP) is 2.30. The molecular weight excluding hydrogens is 250 g/mol. The van der Waals surface area contributed by atoms with Crippen molar-refractivity contribution in [1.82, 2.24) is 9.78 Å². The molecule has 0 saturated carbocycles. The monoisotopic (exact) mass is 269 g/mol. The Labute approximate surface area is 119 Å². The van der Waals surface area contributed by atoms with E-state index >= 15 is 0 Å². The van der Waals surface area contributed by atoms with Gasteiger partial charge in [-0.2, -0.15) is 10.4 Å². The number of hydrogen-bond acceptors (Lipinski definition) is 3. The summed E-state index contributed by atoms with van der Waals surface area (Å²) in [6, 6.07) is 2.08. The van der Waals surface area contributed by atoms with Crippen molar-refractivity contribution in [3.8, 4) is 6.07 Å². The molecule has 0 radical (unpaired) electrons. The Bertz CT molecular complexity index is 674. The number of nitrogens with zero attached hydrogens (tertiary/aromatic N) is 3. The van der Waals surface area contributed by atoms with Crippen molar-refractivity contribution in [2.75, 3.05) is 0 Å². The molecule has 0 spiro atoms. The van der Waals surface area contributed by atoms with Crippen LogP contribution in [0.1, 0.15) is 38.4 Å². The Morgan fingerprint density at radius 2 is 2.15 bits per heavy atom. The van der Waals surface area contributed by atoms with Crippen LogP contribution >= 0.6 is 0 Å². The van der Waals surface area contributed by atoms with Crippen LogP contribution in [0.3, 0.4) is 0 Å². The number of nitriles is 1. The second-order valence-electron chi connectivity index (χ2n) is 6.77. The third-order valence-electron chi connectivity index (χ3n) is 5.11. The van der Waals surface area contributed by atoms with Crippen molar-refractivity contribution in [3.63, 3.8) is 0 Å². The average Bonchev–Trinajstić information content (AvgIpc) is 2.76. The Morgan fingerprint density at radius 1 is 1.45 bits per heavy atom. The smallest absolute Gasteiger partial charge is 0.178 e. The number of ketones is 1. The maximum Gasteiger partial charge on any atom is 0.178 e. The van der Waals surface area contributed by atoms with Gasteiger partial charge in [0.1, 0.15) is 6.07 Å². The number of rotatable bonds is 0. The fourth-order valence-corrected chi connectivity index (χ4v) is 4.17. The summed E-state index contributed by atoms with van der Waals surface area (Å²) in [6.45, 7) is 6.06. The van der Waals surface area contributed by atoms with Crippen molar-refractivity contribution >= 4 is 5.78 Å². The molecule has 2 aliphatic rings. The number of aromatic nitrogens is 2. The summed E-state index contributed by atoms with van der Waals surface area (Å²) in [5, 5.41) is 13.9. The van der Waals surface area contributed by atoms with E-state index in [0.717, 1.165) is 18.5 Å². The molecule has 2 unspecified atom stereocenters. The zero-order valence-corrected chi connectivity index (χ0v) is 12.4. The van der Waals surface area contributed by atoms with Crippen molar-refractivity contribution in [3.05, 3.63) is 29.1 Å². The van der Waals surface area contributed by atoms with E-state index in [1.807, 2.05) is 31.7 Å². The van der Waals surface area contributed by atoms with E-state index in [0.29, 0.717) is 0 Å². The van der Waals surface area contributed by atoms with E-state index in [4.69, 9.17) is 0 Å². The molecule has 20 heavy (non-hydrogen) atoms. The summed E-state index contributed by atoms with van der Waals surface area (Å²) >= 11 is 0. The van der Waals surface area contributed by atoms with Gasteiger partial charge >= 0.3 is 0 Å². The lowest BCUT2D eigenvalue weighted by Gasteiger charge is -2.49. The second kappa shape index (κ2) is 3.82. The first-order valence-electron chi connectivity index (χ1n) is 7.01. The molecule has 0 amide bonds. The van der Waals surface area contributed by atoms with Crippen LogP contribution in [-0.2, 0) is 23.7 Å². The van der Waals surface area contributed by atoms with Gasteiger partial charge in [0.25, 0.3) is 0 Å². The first-order chi connectivity index (χ1) is 9.30. The molecular formula is C16H19N3O. The number of hydrogen-bond donors (Lipinski definition) is 0. The summed E-state index contributed by atoms with van der Waals surface area (Å²) < 4.78 is 1.83. The van der Waals surface area contributed by atoms with Crippen LogP contribution in [0.2, 0.25) is 0 Å². The van der Waals surface area contributed by atoms with Gasteiger partial charge in [-0.15, -0.1) is 0 Å². The zero-order chi connectivity index (χ0) is 14.7. The van der Waals surface area contributed by atoms with Gasteiger partial charge in [0.05, 0.1) is 11.3 Å². The molecule has 0 N–H and O–H groups in total. The Balaban J connectivity index is 2.28. The number of fused-ring (bicyclic) bond motifs is 3. The number of carbonyl (C=O) groups excluding carboxylic acids is 1. The maximum absolute atomic E-state index is 12.5. The first-order valence-corrected chi connectivity index (χ1v) is 7.01. The highest BCUT2D eigenvalue weighted by molar-refractivity contribution is 6.04. The van der Waals surface area contributed by atoms with Crippen molar-refractivity contribution in [1.29, 1.82) is 5.26 Å². The van der Waals surface area contributed by atoms with Crippen molar-refractivity contribution < 1.29 is 4.79 Å².